The van der Waals surface area contributed by atoms with Crippen LogP contribution in [0.4, 0.5) is 0 Å². The minimum absolute atomic E-state index is 0.392. The minimum atomic E-state index is 0.392. The third-order valence-electron chi connectivity index (χ3n) is 8.00. The Morgan fingerprint density at radius 3 is 2.23 bits per heavy atom. The fourth-order valence-corrected chi connectivity index (χ4v) is 6.20. The summed E-state index contributed by atoms with van der Waals surface area (Å²) in [6.07, 6.45) is 0. The molecule has 0 fully saturated rings. The summed E-state index contributed by atoms with van der Waals surface area (Å²) in [6, 6.07) is 30.3. The molecule has 0 spiro atoms. The SMILES string of the molecule is Cc1nc(-c2cccc3c2oc2cc(-c4c(C)cccc4C)ccc23)c2ccc3cccc(C(C)C)c3c2n1. The van der Waals surface area contributed by atoms with Crippen LogP contribution in [-0.4, -0.2) is 9.97 Å². The molecule has 0 unspecified atom stereocenters. The summed E-state index contributed by atoms with van der Waals surface area (Å²) in [5, 5.41) is 5.68. The smallest absolute Gasteiger partial charge is 0.144 e. The van der Waals surface area contributed by atoms with Crippen molar-refractivity contribution in [3.05, 3.63) is 107 Å². The van der Waals surface area contributed by atoms with E-state index in [0.29, 0.717) is 5.92 Å². The molecule has 5 aromatic carbocycles. The summed E-state index contributed by atoms with van der Waals surface area (Å²) in [4.78, 5) is 9.97. The Labute approximate surface area is 228 Å². The highest BCUT2D eigenvalue weighted by Crippen LogP contribution is 2.41. The van der Waals surface area contributed by atoms with Crippen molar-refractivity contribution in [2.75, 3.05) is 0 Å². The lowest BCUT2D eigenvalue weighted by atomic mass is 9.93. The van der Waals surface area contributed by atoms with Crippen molar-refractivity contribution < 1.29 is 4.42 Å². The Hall–Kier alpha value is -4.50. The number of nitrogens with zero attached hydrogens (tertiary/aromatic N) is 2. The van der Waals surface area contributed by atoms with E-state index in [4.69, 9.17) is 14.4 Å². The topological polar surface area (TPSA) is 38.9 Å². The van der Waals surface area contributed by atoms with E-state index in [9.17, 15) is 0 Å². The molecule has 3 heteroatoms. The number of benzene rings is 5. The van der Waals surface area contributed by atoms with Crippen LogP contribution in [0.15, 0.2) is 89.3 Å². The standard InChI is InChI=1S/C36H30N2O/c1-20(2)26-12-7-11-24-15-18-29-34(37-23(5)38-35(29)33(24)26)30-14-8-13-28-27-17-16-25(19-31(27)39-36(28)30)32-21(3)9-6-10-22(32)4/h6-20H,1-5H3. The maximum atomic E-state index is 6.66. The zero-order valence-corrected chi connectivity index (χ0v) is 23.0. The van der Waals surface area contributed by atoms with Crippen LogP contribution in [0.3, 0.4) is 0 Å². The van der Waals surface area contributed by atoms with Crippen molar-refractivity contribution in [2.45, 2.75) is 40.5 Å². The first-order valence-corrected chi connectivity index (χ1v) is 13.6. The molecule has 0 bridgehead atoms. The number of hydrogen-bond acceptors (Lipinski definition) is 3. The van der Waals surface area contributed by atoms with Crippen molar-refractivity contribution >= 4 is 43.6 Å². The van der Waals surface area contributed by atoms with Gasteiger partial charge in [0.2, 0.25) is 0 Å². The zero-order valence-electron chi connectivity index (χ0n) is 23.0. The molecule has 0 amide bonds. The molecule has 7 rings (SSSR count). The van der Waals surface area contributed by atoms with Crippen molar-refractivity contribution in [2.24, 2.45) is 0 Å². The zero-order chi connectivity index (χ0) is 26.8. The van der Waals surface area contributed by atoms with Crippen molar-refractivity contribution in [1.29, 1.82) is 0 Å². The van der Waals surface area contributed by atoms with E-state index in [1.165, 1.54) is 38.6 Å². The summed E-state index contributed by atoms with van der Waals surface area (Å²) >= 11 is 0. The third kappa shape index (κ3) is 3.64. The molecule has 0 saturated heterocycles. The molecule has 2 aromatic heterocycles. The molecule has 0 radical (unpaired) electrons. The molecule has 0 saturated carbocycles. The van der Waals surface area contributed by atoms with Crippen molar-refractivity contribution in [3.8, 4) is 22.4 Å². The van der Waals surface area contributed by atoms with E-state index < -0.39 is 0 Å². The van der Waals surface area contributed by atoms with E-state index in [1.807, 2.05) is 6.92 Å². The highest BCUT2D eigenvalue weighted by molar-refractivity contribution is 6.15. The highest BCUT2D eigenvalue weighted by atomic mass is 16.3. The fraction of sp³-hybridized carbons (Fsp3) is 0.167. The van der Waals surface area contributed by atoms with Crippen LogP contribution in [0.5, 0.6) is 0 Å². The Balaban J connectivity index is 1.51. The van der Waals surface area contributed by atoms with Crippen molar-refractivity contribution in [3.63, 3.8) is 0 Å². The van der Waals surface area contributed by atoms with Crippen LogP contribution >= 0.6 is 0 Å². The number of aromatic nitrogens is 2. The lowest BCUT2D eigenvalue weighted by Gasteiger charge is -2.14. The Bertz CT molecular complexity index is 2060. The van der Waals surface area contributed by atoms with Gasteiger partial charge in [0.15, 0.2) is 0 Å². The number of hydrogen-bond donors (Lipinski definition) is 0. The average Bonchev–Trinajstić information content (AvgIpc) is 3.30. The van der Waals surface area contributed by atoms with E-state index in [1.54, 1.807) is 0 Å². The molecule has 7 aromatic rings. The summed E-state index contributed by atoms with van der Waals surface area (Å²) in [6.45, 7) is 10.8. The number of para-hydroxylation sites is 1. The molecular formula is C36H30N2O. The van der Waals surface area contributed by atoms with Crippen molar-refractivity contribution in [1.82, 2.24) is 9.97 Å². The minimum Gasteiger partial charge on any atom is -0.455 e. The molecule has 190 valence electrons. The molecule has 0 aliphatic rings. The van der Waals surface area contributed by atoms with E-state index in [2.05, 4.69) is 113 Å². The number of furan rings is 1. The number of fused-ring (bicyclic) bond motifs is 6. The second kappa shape index (κ2) is 8.78. The van der Waals surface area contributed by atoms with Gasteiger partial charge in [-0.15, -0.1) is 0 Å². The van der Waals surface area contributed by atoms with Crippen LogP contribution in [0, 0.1) is 20.8 Å². The average molecular weight is 507 g/mol. The maximum absolute atomic E-state index is 6.66. The number of aryl methyl sites for hydroxylation is 3. The van der Waals surface area contributed by atoms with Gasteiger partial charge >= 0.3 is 0 Å². The van der Waals surface area contributed by atoms with E-state index in [0.717, 1.165) is 49.9 Å². The van der Waals surface area contributed by atoms with Crippen LogP contribution in [-0.2, 0) is 0 Å². The molecule has 0 aliphatic heterocycles. The van der Waals surface area contributed by atoms with Gasteiger partial charge in [-0.25, -0.2) is 9.97 Å². The van der Waals surface area contributed by atoms with Gasteiger partial charge in [0.05, 0.1) is 11.2 Å². The van der Waals surface area contributed by atoms with Crippen LogP contribution in [0.1, 0.15) is 42.3 Å². The highest BCUT2D eigenvalue weighted by Gasteiger charge is 2.19. The second-order valence-corrected chi connectivity index (χ2v) is 10.9. The molecule has 0 atom stereocenters. The Morgan fingerprint density at radius 1 is 0.692 bits per heavy atom. The molecule has 0 N–H and O–H groups in total. The summed E-state index contributed by atoms with van der Waals surface area (Å²) < 4.78 is 6.66. The first-order chi connectivity index (χ1) is 18.9. The predicted octanol–water partition coefficient (Wildman–Crippen LogP) is 10.1. The lowest BCUT2D eigenvalue weighted by molar-refractivity contribution is 0.670. The molecule has 3 nitrogen and oxygen atoms in total. The van der Waals surface area contributed by atoms with Gasteiger partial charge in [-0.05, 0) is 84.2 Å². The normalized spacial score (nSPS) is 11.9. The molecule has 0 aliphatic carbocycles. The Kier molecular flexibility index (Phi) is 5.31. The first kappa shape index (κ1) is 23.6. The van der Waals surface area contributed by atoms with E-state index in [-0.39, 0.29) is 0 Å². The summed E-state index contributed by atoms with van der Waals surface area (Å²) in [5.41, 5.74) is 11.0. The van der Waals surface area contributed by atoms with Gasteiger partial charge in [0, 0.05) is 27.1 Å². The first-order valence-electron chi connectivity index (χ1n) is 13.6. The quantitative estimate of drug-likeness (QED) is 0.224. The molecule has 2 heterocycles. The molecule has 39 heavy (non-hydrogen) atoms. The van der Waals surface area contributed by atoms with Crippen LogP contribution in [0.25, 0.3) is 66.0 Å². The van der Waals surface area contributed by atoms with Gasteiger partial charge in [0.1, 0.15) is 17.0 Å². The lowest BCUT2D eigenvalue weighted by Crippen LogP contribution is -1.97. The van der Waals surface area contributed by atoms with Gasteiger partial charge in [-0.2, -0.15) is 0 Å². The number of rotatable bonds is 3. The fourth-order valence-electron chi connectivity index (χ4n) is 6.20. The molecular weight excluding hydrogens is 476 g/mol. The van der Waals surface area contributed by atoms with Crippen LogP contribution < -0.4 is 0 Å². The van der Waals surface area contributed by atoms with E-state index >= 15 is 0 Å². The Morgan fingerprint density at radius 2 is 1.44 bits per heavy atom. The van der Waals surface area contributed by atoms with Crippen LogP contribution in [0.2, 0.25) is 0 Å². The van der Waals surface area contributed by atoms with Gasteiger partial charge in [-0.3, -0.25) is 0 Å². The van der Waals surface area contributed by atoms with Gasteiger partial charge in [0.25, 0.3) is 0 Å². The monoisotopic (exact) mass is 506 g/mol. The van der Waals surface area contributed by atoms with Gasteiger partial charge < -0.3 is 4.42 Å². The second-order valence-electron chi connectivity index (χ2n) is 10.9. The summed E-state index contributed by atoms with van der Waals surface area (Å²) in [5.74, 6) is 1.15. The van der Waals surface area contributed by atoms with Gasteiger partial charge in [-0.1, -0.05) is 74.5 Å². The predicted molar refractivity (Wildman–Crippen MR) is 163 cm³/mol. The maximum Gasteiger partial charge on any atom is 0.144 e. The largest absolute Gasteiger partial charge is 0.455 e. The third-order valence-corrected chi connectivity index (χ3v) is 8.00. The summed E-state index contributed by atoms with van der Waals surface area (Å²) in [7, 11) is 0.